The second-order valence-electron chi connectivity index (χ2n) is 10.7. The summed E-state index contributed by atoms with van der Waals surface area (Å²) in [6.07, 6.45) is 4.82. The number of nitrogens with one attached hydrogen (secondary N) is 1. The second-order valence-corrected chi connectivity index (χ2v) is 10.7. The first kappa shape index (κ1) is 22.4. The SMILES string of the molecule is CC(C)(C)c1ccc([C@@H]2C=C(c3ccccc3)C=C(c3ccccc3)c3[nH]c4ccccc4c32)cc1. The van der Waals surface area contributed by atoms with Gasteiger partial charge in [-0.25, -0.2) is 0 Å². The first-order valence-corrected chi connectivity index (χ1v) is 12.7. The van der Waals surface area contributed by atoms with Gasteiger partial charge >= 0.3 is 0 Å². The number of fused-ring (bicyclic) bond motifs is 3. The van der Waals surface area contributed by atoms with Gasteiger partial charge < -0.3 is 4.98 Å². The molecule has 1 heteroatoms. The third-order valence-electron chi connectivity index (χ3n) is 7.30. The van der Waals surface area contributed by atoms with Crippen LogP contribution >= 0.6 is 0 Å². The molecule has 1 heterocycles. The Hall–Kier alpha value is -4.10. The zero-order valence-electron chi connectivity index (χ0n) is 21.1. The maximum atomic E-state index is 3.81. The highest BCUT2D eigenvalue weighted by Crippen LogP contribution is 2.44. The molecule has 4 aromatic carbocycles. The molecular weight excluding hydrogens is 434 g/mol. The summed E-state index contributed by atoms with van der Waals surface area (Å²) in [5.41, 5.74) is 11.4. The van der Waals surface area contributed by atoms with E-state index in [1.54, 1.807) is 0 Å². The zero-order chi connectivity index (χ0) is 24.7. The number of hydrogen-bond donors (Lipinski definition) is 1. The number of benzene rings is 4. The number of hydrogen-bond acceptors (Lipinski definition) is 0. The molecule has 0 amide bonds. The molecule has 1 aliphatic carbocycles. The molecule has 1 aromatic heterocycles. The Morgan fingerprint density at radius 1 is 0.639 bits per heavy atom. The van der Waals surface area contributed by atoms with Crippen LogP contribution in [-0.4, -0.2) is 4.98 Å². The maximum absolute atomic E-state index is 3.81. The van der Waals surface area contributed by atoms with Crippen LogP contribution in [0.1, 0.15) is 60.2 Å². The van der Waals surface area contributed by atoms with E-state index < -0.39 is 0 Å². The molecule has 36 heavy (non-hydrogen) atoms. The van der Waals surface area contributed by atoms with Gasteiger partial charge in [-0.3, -0.25) is 0 Å². The molecule has 0 bridgehead atoms. The summed E-state index contributed by atoms with van der Waals surface area (Å²) in [6, 6.07) is 39.5. The molecule has 0 spiro atoms. The molecule has 6 rings (SSSR count). The second kappa shape index (κ2) is 8.84. The molecule has 176 valence electrons. The van der Waals surface area contributed by atoms with Crippen LogP contribution in [0, 0.1) is 0 Å². The summed E-state index contributed by atoms with van der Waals surface area (Å²) in [4.78, 5) is 3.81. The molecule has 0 saturated carbocycles. The first-order chi connectivity index (χ1) is 17.5. The highest BCUT2D eigenvalue weighted by molar-refractivity contribution is 5.99. The fourth-order valence-electron chi connectivity index (χ4n) is 5.35. The van der Waals surface area contributed by atoms with Crippen LogP contribution in [0.15, 0.2) is 121 Å². The van der Waals surface area contributed by atoms with Gasteiger partial charge in [0.2, 0.25) is 0 Å². The summed E-state index contributed by atoms with van der Waals surface area (Å²) < 4.78 is 0. The average Bonchev–Trinajstić information content (AvgIpc) is 3.20. The molecule has 0 radical (unpaired) electrons. The molecule has 1 N–H and O–H groups in total. The van der Waals surface area contributed by atoms with Crippen molar-refractivity contribution in [2.75, 3.05) is 0 Å². The Bertz CT molecular complexity index is 1570. The minimum absolute atomic E-state index is 0.123. The number of H-pyrrole nitrogens is 1. The third kappa shape index (κ3) is 4.01. The summed E-state index contributed by atoms with van der Waals surface area (Å²) in [5.74, 6) is 0.123. The van der Waals surface area contributed by atoms with Crippen molar-refractivity contribution in [2.45, 2.75) is 32.1 Å². The predicted molar refractivity (Wildman–Crippen MR) is 153 cm³/mol. The molecule has 0 unspecified atom stereocenters. The van der Waals surface area contributed by atoms with Crippen molar-refractivity contribution in [2.24, 2.45) is 0 Å². The van der Waals surface area contributed by atoms with Crippen molar-refractivity contribution in [1.82, 2.24) is 4.98 Å². The Morgan fingerprint density at radius 2 is 1.25 bits per heavy atom. The van der Waals surface area contributed by atoms with Gasteiger partial charge in [-0.1, -0.05) is 130 Å². The van der Waals surface area contributed by atoms with Crippen molar-refractivity contribution in [3.8, 4) is 0 Å². The van der Waals surface area contributed by atoms with E-state index in [1.165, 1.54) is 55.6 Å². The van der Waals surface area contributed by atoms with Gasteiger partial charge in [-0.2, -0.15) is 0 Å². The molecule has 5 aromatic rings. The van der Waals surface area contributed by atoms with Gasteiger partial charge in [0.25, 0.3) is 0 Å². The lowest BCUT2D eigenvalue weighted by atomic mass is 9.83. The van der Waals surface area contributed by atoms with Crippen molar-refractivity contribution < 1.29 is 0 Å². The third-order valence-corrected chi connectivity index (χ3v) is 7.30. The van der Waals surface area contributed by atoms with E-state index in [4.69, 9.17) is 0 Å². The van der Waals surface area contributed by atoms with Crippen molar-refractivity contribution in [3.63, 3.8) is 0 Å². The van der Waals surface area contributed by atoms with Crippen LogP contribution in [-0.2, 0) is 5.41 Å². The maximum Gasteiger partial charge on any atom is 0.0513 e. The monoisotopic (exact) mass is 465 g/mol. The highest BCUT2D eigenvalue weighted by Gasteiger charge is 2.27. The van der Waals surface area contributed by atoms with Crippen LogP contribution in [0.4, 0.5) is 0 Å². The molecule has 1 nitrogen and oxygen atoms in total. The number of aromatic nitrogens is 1. The normalized spacial score (nSPS) is 15.7. The lowest BCUT2D eigenvalue weighted by molar-refractivity contribution is 0.590. The minimum atomic E-state index is 0.123. The van der Waals surface area contributed by atoms with Crippen LogP contribution in [0.2, 0.25) is 0 Å². The number of para-hydroxylation sites is 1. The smallest absolute Gasteiger partial charge is 0.0513 e. The summed E-state index contributed by atoms with van der Waals surface area (Å²) in [5, 5.41) is 1.28. The molecule has 1 atom stereocenters. The molecule has 1 aliphatic rings. The lowest BCUT2D eigenvalue weighted by Crippen LogP contribution is -2.11. The Labute approximate surface area is 213 Å². The highest BCUT2D eigenvalue weighted by atomic mass is 14.7. The van der Waals surface area contributed by atoms with Gasteiger partial charge in [0.1, 0.15) is 0 Å². The zero-order valence-corrected chi connectivity index (χ0v) is 21.1. The molecule has 0 aliphatic heterocycles. The minimum Gasteiger partial charge on any atom is -0.354 e. The van der Waals surface area contributed by atoms with Crippen LogP contribution in [0.5, 0.6) is 0 Å². The molecule has 0 fully saturated rings. The quantitative estimate of drug-likeness (QED) is 0.273. The number of allylic oxidation sites excluding steroid dienone is 3. The van der Waals surface area contributed by atoms with Crippen LogP contribution < -0.4 is 0 Å². The largest absolute Gasteiger partial charge is 0.354 e. The fourth-order valence-corrected chi connectivity index (χ4v) is 5.35. The van der Waals surface area contributed by atoms with Gasteiger partial charge in [0, 0.05) is 22.4 Å². The van der Waals surface area contributed by atoms with E-state index in [2.05, 4.69) is 147 Å². The van der Waals surface area contributed by atoms with Crippen molar-refractivity contribution >= 4 is 22.0 Å². The topological polar surface area (TPSA) is 15.8 Å². The first-order valence-electron chi connectivity index (χ1n) is 12.7. The summed E-state index contributed by atoms with van der Waals surface area (Å²) in [6.45, 7) is 6.82. The van der Waals surface area contributed by atoms with Gasteiger partial charge in [-0.05, 0) is 50.9 Å². The molecular formula is C35H31N. The Kier molecular flexibility index (Phi) is 5.49. The molecule has 0 saturated heterocycles. The number of aromatic amines is 1. The Balaban J connectivity index is 1.64. The van der Waals surface area contributed by atoms with Gasteiger partial charge in [0.05, 0.1) is 5.69 Å². The van der Waals surface area contributed by atoms with E-state index in [-0.39, 0.29) is 11.3 Å². The Morgan fingerprint density at radius 3 is 1.92 bits per heavy atom. The van der Waals surface area contributed by atoms with E-state index in [0.717, 1.165) is 0 Å². The van der Waals surface area contributed by atoms with E-state index in [1.807, 2.05) is 0 Å². The van der Waals surface area contributed by atoms with Gasteiger partial charge in [-0.15, -0.1) is 0 Å². The van der Waals surface area contributed by atoms with E-state index in [9.17, 15) is 0 Å². The van der Waals surface area contributed by atoms with Crippen molar-refractivity contribution in [1.29, 1.82) is 0 Å². The predicted octanol–water partition coefficient (Wildman–Crippen LogP) is 9.13. The van der Waals surface area contributed by atoms with Crippen LogP contribution in [0.25, 0.3) is 22.0 Å². The van der Waals surface area contributed by atoms with Crippen molar-refractivity contribution in [3.05, 3.63) is 155 Å². The fraction of sp³-hybridized carbons (Fsp3) is 0.143. The average molecular weight is 466 g/mol. The van der Waals surface area contributed by atoms with E-state index >= 15 is 0 Å². The van der Waals surface area contributed by atoms with Gasteiger partial charge in [0.15, 0.2) is 0 Å². The summed E-state index contributed by atoms with van der Waals surface area (Å²) >= 11 is 0. The standard InChI is InChI=1S/C35H31N/c1-35(2,3)28-20-18-26(19-21-28)30-22-27(24-12-6-4-7-13-24)23-31(25-14-8-5-9-15-25)34-33(30)29-16-10-11-17-32(29)36-34/h4-23,30,36H,1-3H3/t30-/m0/s1. The van der Waals surface area contributed by atoms with E-state index in [0.29, 0.717) is 0 Å². The summed E-state index contributed by atoms with van der Waals surface area (Å²) in [7, 11) is 0. The van der Waals surface area contributed by atoms with Crippen LogP contribution in [0.3, 0.4) is 0 Å². The lowest BCUT2D eigenvalue weighted by Gasteiger charge is -2.21. The number of rotatable bonds is 3.